The molecule has 1 aliphatic rings. The number of rotatable bonds is 4. The fraction of sp³-hybridized carbons (Fsp3) is 0.263. The van der Waals surface area contributed by atoms with Gasteiger partial charge in [-0.25, -0.2) is 13.8 Å². The van der Waals surface area contributed by atoms with E-state index in [0.717, 1.165) is 10.2 Å². The molecule has 1 fully saturated rings. The molecule has 1 aromatic heterocycles. The third-order valence-corrected chi connectivity index (χ3v) is 7.72. The zero-order valence-electron chi connectivity index (χ0n) is 15.7. The van der Waals surface area contributed by atoms with Crippen LogP contribution in [0.1, 0.15) is 10.4 Å². The molecule has 1 amide bonds. The van der Waals surface area contributed by atoms with E-state index in [1.807, 2.05) is 35.9 Å². The lowest BCUT2D eigenvalue weighted by molar-refractivity contribution is 0.0730. The van der Waals surface area contributed by atoms with E-state index >= 15 is 0 Å². The van der Waals surface area contributed by atoms with Crippen molar-refractivity contribution in [3.8, 4) is 0 Å². The van der Waals surface area contributed by atoms with Crippen LogP contribution in [0.5, 0.6) is 0 Å². The van der Waals surface area contributed by atoms with Gasteiger partial charge in [0.1, 0.15) is 0 Å². The minimum absolute atomic E-state index is 0.156. The predicted molar refractivity (Wildman–Crippen MR) is 110 cm³/mol. The molecule has 2 aromatic carbocycles. The van der Waals surface area contributed by atoms with E-state index in [9.17, 15) is 13.2 Å². The zero-order chi connectivity index (χ0) is 20.4. The van der Waals surface area contributed by atoms with Gasteiger partial charge in [0.2, 0.25) is 14.8 Å². The minimum Gasteiger partial charge on any atom is -0.379 e. The lowest BCUT2D eigenvalue weighted by Gasteiger charge is -2.26. The average Bonchev–Trinajstić information content (AvgIpc) is 3.08. The minimum atomic E-state index is -3.58. The average molecular weight is 433 g/mol. The Labute approximate surface area is 172 Å². The first-order valence-corrected chi connectivity index (χ1v) is 11.3. The van der Waals surface area contributed by atoms with Crippen molar-refractivity contribution in [3.05, 3.63) is 58.9 Å². The van der Waals surface area contributed by atoms with Crippen molar-refractivity contribution in [3.63, 3.8) is 0 Å². The van der Waals surface area contributed by atoms with E-state index in [1.165, 1.54) is 39.9 Å². The number of hydrogen-bond donors (Lipinski definition) is 1. The highest BCUT2D eigenvalue weighted by Crippen LogP contribution is 2.18. The molecule has 0 radical (unpaired) electrons. The summed E-state index contributed by atoms with van der Waals surface area (Å²) < 4.78 is 34.9. The van der Waals surface area contributed by atoms with Crippen LogP contribution in [0, 0.1) is 0 Å². The highest BCUT2D eigenvalue weighted by molar-refractivity contribution is 7.89. The first kappa shape index (κ1) is 19.8. The molecule has 152 valence electrons. The molecule has 10 heteroatoms. The summed E-state index contributed by atoms with van der Waals surface area (Å²) in [7, 11) is -1.70. The molecule has 1 N–H and O–H groups in total. The number of amides is 1. The summed E-state index contributed by atoms with van der Waals surface area (Å²) >= 11 is 1.47. The fourth-order valence-corrected chi connectivity index (χ4v) is 5.45. The van der Waals surface area contributed by atoms with Crippen LogP contribution in [-0.4, -0.2) is 49.5 Å². The van der Waals surface area contributed by atoms with Gasteiger partial charge in [0.25, 0.3) is 5.91 Å². The highest BCUT2D eigenvalue weighted by Gasteiger charge is 2.26. The zero-order valence-corrected chi connectivity index (χ0v) is 17.4. The number of aromatic nitrogens is 1. The SMILES string of the molecule is Cn1c(=NNC(=O)c2ccc(S(=O)(=O)N3CCOCC3)cc2)sc2ccccc21. The molecule has 0 saturated carbocycles. The van der Waals surface area contributed by atoms with Gasteiger partial charge < -0.3 is 9.30 Å². The van der Waals surface area contributed by atoms with Gasteiger partial charge in [-0.1, -0.05) is 23.5 Å². The van der Waals surface area contributed by atoms with E-state index in [-0.39, 0.29) is 4.90 Å². The molecule has 3 aromatic rings. The largest absolute Gasteiger partial charge is 0.379 e. The standard InChI is InChI=1S/C19H20N4O4S2/c1-22-16-4-2-3-5-17(16)28-19(22)21-20-18(24)14-6-8-15(9-7-14)29(25,26)23-10-12-27-13-11-23/h2-9H,10-13H2,1H3,(H,20,24). The molecule has 4 rings (SSSR count). The Kier molecular flexibility index (Phi) is 5.50. The fourth-order valence-electron chi connectivity index (χ4n) is 3.07. The molecule has 2 heterocycles. The Balaban J connectivity index is 1.51. The smallest absolute Gasteiger partial charge is 0.271 e. The lowest BCUT2D eigenvalue weighted by atomic mass is 10.2. The normalized spacial score (nSPS) is 16.2. The number of hydrogen-bond acceptors (Lipinski definition) is 6. The summed E-state index contributed by atoms with van der Waals surface area (Å²) in [4.78, 5) is 13.2. The van der Waals surface area contributed by atoms with Gasteiger partial charge in [0, 0.05) is 25.7 Å². The second-order valence-corrected chi connectivity index (χ2v) is 9.45. The number of carbonyl (C=O) groups excluding carboxylic acids is 1. The van der Waals surface area contributed by atoms with Crippen LogP contribution in [0.2, 0.25) is 0 Å². The Bertz CT molecular complexity index is 1210. The molecule has 1 aliphatic heterocycles. The van der Waals surface area contributed by atoms with Gasteiger partial charge in [-0.05, 0) is 36.4 Å². The number of nitrogens with one attached hydrogen (secondary N) is 1. The summed E-state index contributed by atoms with van der Waals surface area (Å²) in [5.41, 5.74) is 3.90. The number of thiazole rings is 1. The molecular weight excluding hydrogens is 412 g/mol. The van der Waals surface area contributed by atoms with Crippen LogP contribution in [0.25, 0.3) is 10.2 Å². The highest BCUT2D eigenvalue weighted by atomic mass is 32.2. The summed E-state index contributed by atoms with van der Waals surface area (Å²) in [5, 5.41) is 4.21. The van der Waals surface area contributed by atoms with Gasteiger partial charge >= 0.3 is 0 Å². The molecule has 0 atom stereocenters. The topological polar surface area (TPSA) is 93.0 Å². The van der Waals surface area contributed by atoms with Crippen molar-refractivity contribution in [1.82, 2.24) is 14.3 Å². The lowest BCUT2D eigenvalue weighted by Crippen LogP contribution is -2.40. The van der Waals surface area contributed by atoms with Gasteiger partial charge in [-0.15, -0.1) is 5.10 Å². The Morgan fingerprint density at radius 1 is 1.10 bits per heavy atom. The Hall–Kier alpha value is -2.53. The van der Waals surface area contributed by atoms with Crippen molar-refractivity contribution in [2.45, 2.75) is 4.90 Å². The first-order valence-electron chi connectivity index (χ1n) is 9.03. The summed E-state index contributed by atoms with van der Waals surface area (Å²) in [6.07, 6.45) is 0. The molecular formula is C19H20N4O4S2. The maximum atomic E-state index is 12.7. The number of aryl methyl sites for hydroxylation is 1. The van der Waals surface area contributed by atoms with Gasteiger partial charge in [0.05, 0.1) is 28.3 Å². The van der Waals surface area contributed by atoms with E-state index in [4.69, 9.17) is 4.74 Å². The van der Waals surface area contributed by atoms with Crippen LogP contribution in [0.4, 0.5) is 0 Å². The summed E-state index contributed by atoms with van der Waals surface area (Å²) in [5.74, 6) is -0.405. The third-order valence-electron chi connectivity index (χ3n) is 4.69. The van der Waals surface area contributed by atoms with Gasteiger partial charge in [-0.3, -0.25) is 4.79 Å². The van der Waals surface area contributed by atoms with Gasteiger partial charge in [-0.2, -0.15) is 4.31 Å². The third kappa shape index (κ3) is 3.97. The maximum absolute atomic E-state index is 12.7. The second kappa shape index (κ2) is 8.07. The van der Waals surface area contributed by atoms with Crippen molar-refractivity contribution in [2.75, 3.05) is 26.3 Å². The molecule has 0 spiro atoms. The van der Waals surface area contributed by atoms with Crippen molar-refractivity contribution in [1.29, 1.82) is 0 Å². The molecule has 0 aliphatic carbocycles. The van der Waals surface area contributed by atoms with E-state index in [2.05, 4.69) is 10.5 Å². The van der Waals surface area contributed by atoms with E-state index < -0.39 is 15.9 Å². The summed E-state index contributed by atoms with van der Waals surface area (Å²) in [6, 6.07) is 13.7. The van der Waals surface area contributed by atoms with Crippen LogP contribution in [-0.2, 0) is 21.8 Å². The quantitative estimate of drug-likeness (QED) is 0.633. The first-order chi connectivity index (χ1) is 14.0. The monoisotopic (exact) mass is 432 g/mol. The predicted octanol–water partition coefficient (Wildman–Crippen LogP) is 1.51. The molecule has 8 nitrogen and oxygen atoms in total. The van der Waals surface area contributed by atoms with Crippen molar-refractivity contribution in [2.24, 2.45) is 12.1 Å². The van der Waals surface area contributed by atoms with Crippen molar-refractivity contribution < 1.29 is 17.9 Å². The number of sulfonamides is 1. The molecule has 0 unspecified atom stereocenters. The number of morpholine rings is 1. The number of carbonyl (C=O) groups is 1. The second-order valence-electron chi connectivity index (χ2n) is 6.50. The number of para-hydroxylation sites is 1. The maximum Gasteiger partial charge on any atom is 0.271 e. The number of nitrogens with zero attached hydrogens (tertiary/aromatic N) is 3. The van der Waals surface area contributed by atoms with E-state index in [0.29, 0.717) is 36.7 Å². The van der Waals surface area contributed by atoms with Gasteiger partial charge in [0.15, 0.2) is 0 Å². The molecule has 0 bridgehead atoms. The molecule has 1 saturated heterocycles. The Morgan fingerprint density at radius 2 is 1.79 bits per heavy atom. The number of ether oxygens (including phenoxy) is 1. The van der Waals surface area contributed by atoms with Crippen molar-refractivity contribution >= 4 is 37.5 Å². The van der Waals surface area contributed by atoms with Crippen LogP contribution < -0.4 is 10.2 Å². The Morgan fingerprint density at radius 3 is 2.48 bits per heavy atom. The van der Waals surface area contributed by atoms with Crippen LogP contribution in [0.15, 0.2) is 58.5 Å². The van der Waals surface area contributed by atoms with Crippen LogP contribution >= 0.6 is 11.3 Å². The number of fused-ring (bicyclic) bond motifs is 1. The number of benzene rings is 2. The summed E-state index contributed by atoms with van der Waals surface area (Å²) in [6.45, 7) is 1.43. The van der Waals surface area contributed by atoms with E-state index in [1.54, 1.807) is 0 Å². The molecule has 29 heavy (non-hydrogen) atoms. The van der Waals surface area contributed by atoms with Crippen LogP contribution in [0.3, 0.4) is 0 Å².